The Morgan fingerprint density at radius 2 is 1.87 bits per heavy atom. The number of aromatic carboxylic acids is 1. The highest BCUT2D eigenvalue weighted by atomic mass is 35.5. The molecule has 0 aromatic heterocycles. The maximum absolute atomic E-state index is 12.1. The number of carboxylic acids is 1. The van der Waals surface area contributed by atoms with Crippen molar-refractivity contribution in [3.05, 3.63) is 62.7 Å². The SMILES string of the molecule is O=C(Nc1ccc(O)c(C(=O)O)c1)c1ccc(Cl)c([N+](=O)[O-])c1. The highest BCUT2D eigenvalue weighted by Gasteiger charge is 2.17. The lowest BCUT2D eigenvalue weighted by Gasteiger charge is -2.07. The standard InChI is InChI=1S/C14H9ClN2O6/c15-10-3-1-7(5-11(10)17(22)23)13(19)16-8-2-4-12(18)9(6-8)14(20)21/h1-6,18H,(H,16,19)(H,20,21). The normalized spacial score (nSPS) is 10.1. The first-order valence-electron chi connectivity index (χ1n) is 6.11. The number of rotatable bonds is 4. The van der Waals surface area contributed by atoms with E-state index in [-0.39, 0.29) is 21.8 Å². The van der Waals surface area contributed by atoms with Gasteiger partial charge in [0.2, 0.25) is 0 Å². The fourth-order valence-electron chi connectivity index (χ4n) is 1.78. The highest BCUT2D eigenvalue weighted by Crippen LogP contribution is 2.26. The van der Waals surface area contributed by atoms with E-state index in [1.165, 1.54) is 18.2 Å². The lowest BCUT2D eigenvalue weighted by atomic mass is 10.1. The molecule has 0 aliphatic carbocycles. The van der Waals surface area contributed by atoms with Gasteiger partial charge in [-0.05, 0) is 30.3 Å². The minimum atomic E-state index is -1.36. The van der Waals surface area contributed by atoms with E-state index in [1.54, 1.807) is 0 Å². The van der Waals surface area contributed by atoms with E-state index < -0.39 is 28.2 Å². The first-order chi connectivity index (χ1) is 10.8. The summed E-state index contributed by atoms with van der Waals surface area (Å²) in [5.41, 5.74) is -0.713. The van der Waals surface area contributed by atoms with Gasteiger partial charge in [0.05, 0.1) is 4.92 Å². The van der Waals surface area contributed by atoms with Crippen LogP contribution in [0.2, 0.25) is 5.02 Å². The lowest BCUT2D eigenvalue weighted by molar-refractivity contribution is -0.384. The molecule has 2 aromatic carbocycles. The first kappa shape index (κ1) is 16.2. The van der Waals surface area contributed by atoms with Crippen molar-refractivity contribution in [3.63, 3.8) is 0 Å². The van der Waals surface area contributed by atoms with Crippen LogP contribution in [-0.2, 0) is 0 Å². The molecular weight excluding hydrogens is 328 g/mol. The molecule has 1 amide bonds. The molecular formula is C14H9ClN2O6. The van der Waals surface area contributed by atoms with Gasteiger partial charge in [-0.2, -0.15) is 0 Å². The molecule has 2 rings (SSSR count). The Morgan fingerprint density at radius 1 is 1.17 bits per heavy atom. The molecule has 0 fully saturated rings. The number of nitro benzene ring substituents is 1. The average Bonchev–Trinajstić information content (AvgIpc) is 2.49. The number of anilines is 1. The van der Waals surface area contributed by atoms with Gasteiger partial charge in [-0.15, -0.1) is 0 Å². The second kappa shape index (κ2) is 6.32. The van der Waals surface area contributed by atoms with Gasteiger partial charge < -0.3 is 15.5 Å². The minimum Gasteiger partial charge on any atom is -0.507 e. The van der Waals surface area contributed by atoms with Crippen molar-refractivity contribution in [3.8, 4) is 5.75 Å². The zero-order chi connectivity index (χ0) is 17.1. The third kappa shape index (κ3) is 3.55. The van der Waals surface area contributed by atoms with E-state index in [0.717, 1.165) is 18.2 Å². The summed E-state index contributed by atoms with van der Waals surface area (Å²) in [5.74, 6) is -2.50. The molecule has 0 saturated carbocycles. The maximum Gasteiger partial charge on any atom is 0.339 e. The topological polar surface area (TPSA) is 130 Å². The summed E-state index contributed by atoms with van der Waals surface area (Å²) in [6, 6.07) is 7.00. The summed E-state index contributed by atoms with van der Waals surface area (Å²) >= 11 is 5.66. The zero-order valence-electron chi connectivity index (χ0n) is 11.3. The lowest BCUT2D eigenvalue weighted by Crippen LogP contribution is -2.12. The van der Waals surface area contributed by atoms with Crippen molar-refractivity contribution in [2.75, 3.05) is 5.32 Å². The molecule has 9 heteroatoms. The quantitative estimate of drug-likeness (QED) is 0.447. The number of carboxylic acid groups (broad SMARTS) is 1. The van der Waals surface area contributed by atoms with Gasteiger partial charge in [-0.25, -0.2) is 4.79 Å². The molecule has 0 radical (unpaired) electrons. The molecule has 8 nitrogen and oxygen atoms in total. The van der Waals surface area contributed by atoms with Crippen LogP contribution in [0.15, 0.2) is 36.4 Å². The van der Waals surface area contributed by atoms with Gasteiger partial charge in [0.1, 0.15) is 16.3 Å². The van der Waals surface area contributed by atoms with Crippen LogP contribution in [0.3, 0.4) is 0 Å². The van der Waals surface area contributed by atoms with Crippen LogP contribution < -0.4 is 5.32 Å². The Kier molecular flexibility index (Phi) is 4.47. The van der Waals surface area contributed by atoms with E-state index in [0.29, 0.717) is 0 Å². The first-order valence-corrected chi connectivity index (χ1v) is 6.49. The molecule has 2 aromatic rings. The van der Waals surface area contributed by atoms with E-state index in [9.17, 15) is 24.8 Å². The summed E-state index contributed by atoms with van der Waals surface area (Å²) in [4.78, 5) is 33.1. The van der Waals surface area contributed by atoms with Crippen molar-refractivity contribution in [2.24, 2.45) is 0 Å². The van der Waals surface area contributed by atoms with Crippen molar-refractivity contribution in [2.45, 2.75) is 0 Å². The number of aromatic hydroxyl groups is 1. The third-order valence-electron chi connectivity index (χ3n) is 2.89. The largest absolute Gasteiger partial charge is 0.507 e. The van der Waals surface area contributed by atoms with E-state index in [2.05, 4.69) is 5.32 Å². The van der Waals surface area contributed by atoms with E-state index >= 15 is 0 Å². The van der Waals surface area contributed by atoms with Crippen LogP contribution in [0.5, 0.6) is 5.75 Å². The fraction of sp³-hybridized carbons (Fsp3) is 0. The number of nitrogens with zero attached hydrogens (tertiary/aromatic N) is 1. The van der Waals surface area contributed by atoms with Crippen molar-refractivity contribution in [1.29, 1.82) is 0 Å². The summed E-state index contributed by atoms with van der Waals surface area (Å²) in [7, 11) is 0. The molecule has 0 saturated heterocycles. The van der Waals surface area contributed by atoms with Crippen LogP contribution in [0, 0.1) is 10.1 Å². The summed E-state index contributed by atoms with van der Waals surface area (Å²) in [5, 5.41) is 31.4. The van der Waals surface area contributed by atoms with E-state index in [4.69, 9.17) is 16.7 Å². The van der Waals surface area contributed by atoms with Gasteiger partial charge in [0, 0.05) is 17.3 Å². The Morgan fingerprint density at radius 3 is 2.48 bits per heavy atom. The molecule has 0 atom stereocenters. The Labute approximate surface area is 134 Å². The van der Waals surface area contributed by atoms with Crippen LogP contribution >= 0.6 is 11.6 Å². The molecule has 23 heavy (non-hydrogen) atoms. The molecule has 0 unspecified atom stereocenters. The Balaban J connectivity index is 2.29. The number of hydrogen-bond donors (Lipinski definition) is 3. The Bertz CT molecular complexity index is 821. The summed E-state index contributed by atoms with van der Waals surface area (Å²) < 4.78 is 0. The second-order valence-electron chi connectivity index (χ2n) is 4.41. The molecule has 3 N–H and O–H groups in total. The number of nitro groups is 1. The Hall–Kier alpha value is -3.13. The number of amides is 1. The smallest absolute Gasteiger partial charge is 0.339 e. The number of hydrogen-bond acceptors (Lipinski definition) is 5. The van der Waals surface area contributed by atoms with Crippen LogP contribution in [-0.4, -0.2) is 27.0 Å². The van der Waals surface area contributed by atoms with Gasteiger partial charge >= 0.3 is 5.97 Å². The number of carbonyl (C=O) groups is 2. The zero-order valence-corrected chi connectivity index (χ0v) is 12.1. The van der Waals surface area contributed by atoms with Crippen molar-refractivity contribution in [1.82, 2.24) is 0 Å². The number of phenols is 1. The molecule has 0 heterocycles. The fourth-order valence-corrected chi connectivity index (χ4v) is 1.97. The van der Waals surface area contributed by atoms with Gasteiger partial charge in [-0.1, -0.05) is 11.6 Å². The summed E-state index contributed by atoms with van der Waals surface area (Å²) in [6.07, 6.45) is 0. The number of halogens is 1. The van der Waals surface area contributed by atoms with Crippen LogP contribution in [0.25, 0.3) is 0 Å². The molecule has 0 bridgehead atoms. The van der Waals surface area contributed by atoms with Crippen LogP contribution in [0.4, 0.5) is 11.4 Å². The number of benzene rings is 2. The maximum atomic E-state index is 12.1. The van der Waals surface area contributed by atoms with Crippen molar-refractivity contribution < 1.29 is 24.7 Å². The van der Waals surface area contributed by atoms with Crippen molar-refractivity contribution >= 4 is 34.9 Å². The molecule has 0 aliphatic rings. The van der Waals surface area contributed by atoms with Gasteiger partial charge in [0.25, 0.3) is 11.6 Å². The number of nitrogens with one attached hydrogen (secondary N) is 1. The predicted octanol–water partition coefficient (Wildman–Crippen LogP) is 2.90. The molecule has 0 aliphatic heterocycles. The monoisotopic (exact) mass is 336 g/mol. The summed E-state index contributed by atoms with van der Waals surface area (Å²) in [6.45, 7) is 0. The number of carbonyl (C=O) groups excluding carboxylic acids is 1. The predicted molar refractivity (Wildman–Crippen MR) is 81.1 cm³/mol. The average molecular weight is 337 g/mol. The molecule has 118 valence electrons. The van der Waals surface area contributed by atoms with Gasteiger partial charge in [-0.3, -0.25) is 14.9 Å². The highest BCUT2D eigenvalue weighted by molar-refractivity contribution is 6.32. The van der Waals surface area contributed by atoms with Gasteiger partial charge in [0.15, 0.2) is 0 Å². The second-order valence-corrected chi connectivity index (χ2v) is 4.82. The minimum absolute atomic E-state index is 0.0222. The van der Waals surface area contributed by atoms with Crippen LogP contribution in [0.1, 0.15) is 20.7 Å². The third-order valence-corrected chi connectivity index (χ3v) is 3.21. The molecule has 0 spiro atoms. The van der Waals surface area contributed by atoms with E-state index in [1.807, 2.05) is 0 Å².